The van der Waals surface area contributed by atoms with Gasteiger partial charge in [-0.1, -0.05) is 30.4 Å². The Balaban J connectivity index is 1.52. The second-order valence-corrected chi connectivity index (χ2v) is 8.47. The largest absolute Gasteiger partial charge is 0.497 e. The molecular weight excluding hydrogens is 460 g/mol. The molecule has 0 aliphatic carbocycles. The van der Waals surface area contributed by atoms with Crippen LogP contribution in [0.2, 0.25) is 0 Å². The van der Waals surface area contributed by atoms with Gasteiger partial charge in [-0.05, 0) is 42.9 Å². The van der Waals surface area contributed by atoms with Crippen LogP contribution >= 0.6 is 23.6 Å². The molecule has 1 amide bonds. The first kappa shape index (κ1) is 22.6. The number of nitrogens with one attached hydrogen (secondary N) is 2. The Morgan fingerprint density at radius 3 is 2.52 bits per heavy atom. The van der Waals surface area contributed by atoms with Gasteiger partial charge in [0.2, 0.25) is 4.96 Å². The number of carbonyl (C=O) groups excluding carboxylic acids is 1. The van der Waals surface area contributed by atoms with Crippen molar-refractivity contribution in [3.8, 4) is 22.1 Å². The number of ether oxygens (including phenoxy) is 2. The Hall–Kier alpha value is -3.57. The number of hydrogen-bond donors (Lipinski definition) is 2. The summed E-state index contributed by atoms with van der Waals surface area (Å²) in [6.07, 6.45) is 0.748. The molecule has 11 heteroatoms. The molecule has 0 radical (unpaired) electrons. The number of methoxy groups -OCH3 is 2. The third-order valence-electron chi connectivity index (χ3n) is 4.95. The van der Waals surface area contributed by atoms with Gasteiger partial charge in [-0.15, -0.1) is 10.2 Å². The molecule has 9 nitrogen and oxygen atoms in total. The zero-order chi connectivity index (χ0) is 23.5. The Kier molecular flexibility index (Phi) is 6.52. The molecule has 0 aliphatic heterocycles. The lowest BCUT2D eigenvalue weighted by Gasteiger charge is -2.13. The fourth-order valence-electron chi connectivity index (χ4n) is 3.15. The van der Waals surface area contributed by atoms with E-state index in [-0.39, 0.29) is 11.0 Å². The molecule has 4 aromatic rings. The van der Waals surface area contributed by atoms with Crippen molar-refractivity contribution in [1.82, 2.24) is 25.1 Å². The molecule has 0 saturated carbocycles. The molecular formula is C22H22N6O3S2. The number of fused-ring (bicyclic) bond motifs is 1. The van der Waals surface area contributed by atoms with Gasteiger partial charge in [-0.3, -0.25) is 10.1 Å². The Bertz CT molecular complexity index is 1330. The fraction of sp³-hybridized carbons (Fsp3) is 0.227. The van der Waals surface area contributed by atoms with E-state index in [1.54, 1.807) is 22.7 Å². The molecule has 33 heavy (non-hydrogen) atoms. The summed E-state index contributed by atoms with van der Waals surface area (Å²) in [4.78, 5) is 13.5. The minimum atomic E-state index is -0.376. The number of nitrogens with zero attached hydrogens (tertiary/aromatic N) is 4. The molecule has 0 atom stereocenters. The lowest BCUT2D eigenvalue weighted by Crippen LogP contribution is -2.34. The van der Waals surface area contributed by atoms with Crippen LogP contribution < -0.4 is 20.1 Å². The molecule has 0 unspecified atom stereocenters. The number of aromatic nitrogens is 4. The summed E-state index contributed by atoms with van der Waals surface area (Å²) in [6.45, 7) is 3.97. The van der Waals surface area contributed by atoms with E-state index in [1.807, 2.05) is 32.0 Å². The van der Waals surface area contributed by atoms with E-state index in [4.69, 9.17) is 21.7 Å². The lowest BCUT2D eigenvalue weighted by atomic mass is 10.1. The predicted molar refractivity (Wildman–Crippen MR) is 131 cm³/mol. The molecule has 0 fully saturated rings. The van der Waals surface area contributed by atoms with Crippen LogP contribution in [0.1, 0.15) is 28.7 Å². The third-order valence-corrected chi connectivity index (χ3v) is 6.10. The van der Waals surface area contributed by atoms with Gasteiger partial charge in [0.25, 0.3) is 5.91 Å². The number of amides is 1. The van der Waals surface area contributed by atoms with Crippen molar-refractivity contribution in [1.29, 1.82) is 0 Å². The van der Waals surface area contributed by atoms with Crippen LogP contribution in [-0.2, 0) is 6.42 Å². The second-order valence-electron chi connectivity index (χ2n) is 7.11. The smallest absolute Gasteiger partial charge is 0.257 e. The van der Waals surface area contributed by atoms with Crippen LogP contribution in [0.3, 0.4) is 0 Å². The molecule has 170 valence electrons. The first-order valence-corrected chi connectivity index (χ1v) is 11.3. The summed E-state index contributed by atoms with van der Waals surface area (Å²) in [5, 5.41) is 19.7. The molecule has 2 heterocycles. The quantitative estimate of drug-likeness (QED) is 0.399. The van der Waals surface area contributed by atoms with Crippen molar-refractivity contribution in [3.63, 3.8) is 0 Å². The van der Waals surface area contributed by atoms with Gasteiger partial charge in [0.05, 0.1) is 14.2 Å². The Morgan fingerprint density at radius 2 is 1.85 bits per heavy atom. The van der Waals surface area contributed by atoms with Gasteiger partial charge in [-0.2, -0.15) is 9.61 Å². The van der Waals surface area contributed by atoms with Crippen LogP contribution in [0.4, 0.5) is 5.69 Å². The number of benzene rings is 2. The maximum Gasteiger partial charge on any atom is 0.257 e. The van der Waals surface area contributed by atoms with Crippen molar-refractivity contribution in [2.75, 3.05) is 19.5 Å². The highest BCUT2D eigenvalue weighted by atomic mass is 32.1. The normalized spacial score (nSPS) is 10.8. The molecule has 0 saturated heterocycles. The van der Waals surface area contributed by atoms with E-state index in [0.717, 1.165) is 39.0 Å². The van der Waals surface area contributed by atoms with E-state index in [1.165, 1.54) is 25.6 Å². The van der Waals surface area contributed by atoms with Gasteiger partial charge >= 0.3 is 0 Å². The second kappa shape index (κ2) is 9.51. The van der Waals surface area contributed by atoms with Crippen LogP contribution in [0.5, 0.6) is 11.5 Å². The van der Waals surface area contributed by atoms with Crippen molar-refractivity contribution in [3.05, 3.63) is 53.3 Å². The third kappa shape index (κ3) is 4.78. The summed E-state index contributed by atoms with van der Waals surface area (Å²) in [5.74, 6) is 1.46. The van der Waals surface area contributed by atoms with Gasteiger partial charge in [0.15, 0.2) is 10.9 Å². The number of aryl methyl sites for hydroxylation is 2. The summed E-state index contributed by atoms with van der Waals surface area (Å²) in [7, 11) is 3.05. The first-order chi connectivity index (χ1) is 15.9. The zero-order valence-electron chi connectivity index (χ0n) is 18.5. The number of rotatable bonds is 6. The highest BCUT2D eigenvalue weighted by Gasteiger charge is 2.15. The molecule has 4 rings (SSSR count). The standard InChI is InChI=1S/C22H22N6O3S2/c1-5-18-25-26-22-28(18)27-20(33-22)13-7-6-12(2)17(10-13)23-21(32)24-19(29)14-8-15(30-3)11-16(9-14)31-4/h6-11H,5H2,1-4H3,(H2,23,24,29,32). The summed E-state index contributed by atoms with van der Waals surface area (Å²) < 4.78 is 12.2. The van der Waals surface area contributed by atoms with E-state index in [0.29, 0.717) is 17.1 Å². The zero-order valence-corrected chi connectivity index (χ0v) is 20.1. The molecule has 0 spiro atoms. The minimum Gasteiger partial charge on any atom is -0.497 e. The van der Waals surface area contributed by atoms with Gasteiger partial charge in [0.1, 0.15) is 16.5 Å². The number of thiocarbonyl (C=S) groups is 1. The highest BCUT2D eigenvalue weighted by molar-refractivity contribution is 7.80. The molecule has 0 bridgehead atoms. The number of anilines is 1. The number of hydrogen-bond acceptors (Lipinski definition) is 8. The average Bonchev–Trinajstić information content (AvgIpc) is 3.40. The Labute approximate surface area is 199 Å². The molecule has 2 aromatic heterocycles. The van der Waals surface area contributed by atoms with Crippen molar-refractivity contribution >= 4 is 45.2 Å². The van der Waals surface area contributed by atoms with Gasteiger partial charge < -0.3 is 14.8 Å². The lowest BCUT2D eigenvalue weighted by molar-refractivity contribution is 0.0977. The average molecular weight is 483 g/mol. The molecule has 2 aromatic carbocycles. The first-order valence-electron chi connectivity index (χ1n) is 10.1. The van der Waals surface area contributed by atoms with Crippen LogP contribution in [0.15, 0.2) is 36.4 Å². The van der Waals surface area contributed by atoms with E-state index in [2.05, 4.69) is 25.9 Å². The van der Waals surface area contributed by atoms with E-state index < -0.39 is 0 Å². The van der Waals surface area contributed by atoms with Gasteiger partial charge in [-0.25, -0.2) is 0 Å². The summed E-state index contributed by atoms with van der Waals surface area (Å²) in [6, 6.07) is 10.8. The topological polar surface area (TPSA) is 103 Å². The van der Waals surface area contributed by atoms with Gasteiger partial charge in [0, 0.05) is 29.3 Å². The predicted octanol–water partition coefficient (Wildman–Crippen LogP) is 3.87. The van der Waals surface area contributed by atoms with Crippen LogP contribution in [0, 0.1) is 6.92 Å². The van der Waals surface area contributed by atoms with Crippen LogP contribution in [0.25, 0.3) is 15.5 Å². The van der Waals surface area contributed by atoms with E-state index >= 15 is 0 Å². The summed E-state index contributed by atoms with van der Waals surface area (Å²) in [5.41, 5.74) is 3.01. The minimum absolute atomic E-state index is 0.174. The highest BCUT2D eigenvalue weighted by Crippen LogP contribution is 2.29. The molecule has 0 aliphatic rings. The van der Waals surface area contributed by atoms with Crippen molar-refractivity contribution in [2.45, 2.75) is 20.3 Å². The number of carbonyl (C=O) groups is 1. The maximum atomic E-state index is 12.7. The fourth-order valence-corrected chi connectivity index (χ4v) is 4.21. The molecule has 2 N–H and O–H groups in total. The maximum absolute atomic E-state index is 12.7. The summed E-state index contributed by atoms with van der Waals surface area (Å²) >= 11 is 6.84. The Morgan fingerprint density at radius 1 is 1.12 bits per heavy atom. The van der Waals surface area contributed by atoms with Crippen molar-refractivity contribution in [2.24, 2.45) is 0 Å². The van der Waals surface area contributed by atoms with Crippen LogP contribution in [-0.4, -0.2) is 45.1 Å². The van der Waals surface area contributed by atoms with E-state index in [9.17, 15) is 4.79 Å². The van der Waals surface area contributed by atoms with Crippen molar-refractivity contribution < 1.29 is 14.3 Å². The SMILES string of the molecule is CCc1nnc2sc(-c3ccc(C)c(NC(=S)NC(=O)c4cc(OC)cc(OC)c4)c3)nn12. The monoisotopic (exact) mass is 482 g/mol.